The van der Waals surface area contributed by atoms with Gasteiger partial charge in [-0.2, -0.15) is 0 Å². The number of aliphatic hydroxyl groups is 1. The molecule has 0 spiro atoms. The molecule has 7 nitrogen and oxygen atoms in total. The smallest absolute Gasteiger partial charge is 0.302 e. The van der Waals surface area contributed by atoms with E-state index in [0.717, 1.165) is 21.5 Å². The molecule has 0 aliphatic carbocycles. The number of benzene rings is 2. The molecule has 4 aromatic rings. The predicted octanol–water partition coefficient (Wildman–Crippen LogP) is 4.84. The summed E-state index contributed by atoms with van der Waals surface area (Å²) in [5.41, 5.74) is 2.10. The van der Waals surface area contributed by atoms with Gasteiger partial charge < -0.3 is 14.3 Å². The van der Waals surface area contributed by atoms with E-state index in [2.05, 4.69) is 4.98 Å². The molecule has 2 unspecified atom stereocenters. The Hall–Kier alpha value is -3.91. The minimum Gasteiger partial charge on any atom is -0.507 e. The van der Waals surface area contributed by atoms with Crippen molar-refractivity contribution in [2.75, 3.05) is 4.90 Å². The second kappa shape index (κ2) is 7.31. The first-order valence-electron chi connectivity index (χ1n) is 10.5. The van der Waals surface area contributed by atoms with Crippen LogP contribution >= 0.6 is 11.3 Å². The first-order valence-corrected chi connectivity index (χ1v) is 11.3. The Labute approximate surface area is 192 Å². The van der Waals surface area contributed by atoms with Crippen molar-refractivity contribution in [3.63, 3.8) is 0 Å². The number of nitrogens with zero attached hydrogens (tertiary/aromatic N) is 2. The summed E-state index contributed by atoms with van der Waals surface area (Å²) in [4.78, 5) is 32.3. The van der Waals surface area contributed by atoms with E-state index in [1.165, 1.54) is 22.5 Å². The molecule has 0 saturated carbocycles. The van der Waals surface area contributed by atoms with Crippen molar-refractivity contribution < 1.29 is 23.8 Å². The summed E-state index contributed by atoms with van der Waals surface area (Å²) in [6, 6.07) is 15.2. The number of carbonyl (C=O) groups is 2. The highest BCUT2D eigenvalue weighted by molar-refractivity contribution is 7.22. The van der Waals surface area contributed by atoms with Crippen LogP contribution in [0.1, 0.15) is 29.9 Å². The van der Waals surface area contributed by atoms with Crippen LogP contribution in [0.3, 0.4) is 0 Å². The lowest BCUT2D eigenvalue weighted by molar-refractivity contribution is -0.132. The van der Waals surface area contributed by atoms with Gasteiger partial charge in [0.2, 0.25) is 0 Å². The summed E-state index contributed by atoms with van der Waals surface area (Å²) >= 11 is 1.31. The van der Waals surface area contributed by atoms with Crippen molar-refractivity contribution >= 4 is 44.1 Å². The molecule has 1 N–H and O–H groups in total. The minimum atomic E-state index is -0.927. The van der Waals surface area contributed by atoms with Crippen molar-refractivity contribution in [3.8, 4) is 5.75 Å². The van der Waals surface area contributed by atoms with E-state index >= 15 is 0 Å². The largest absolute Gasteiger partial charge is 0.507 e. The van der Waals surface area contributed by atoms with E-state index in [9.17, 15) is 14.7 Å². The van der Waals surface area contributed by atoms with Gasteiger partial charge in [0, 0.05) is 12.0 Å². The van der Waals surface area contributed by atoms with E-state index in [1.807, 2.05) is 31.2 Å². The van der Waals surface area contributed by atoms with Gasteiger partial charge in [-0.05, 0) is 55.0 Å². The number of carbonyl (C=O) groups excluding carboxylic acids is 2. The first kappa shape index (κ1) is 19.8. The molecule has 1 fully saturated rings. The van der Waals surface area contributed by atoms with Gasteiger partial charge in [0.25, 0.3) is 5.78 Å². The van der Waals surface area contributed by atoms with E-state index in [-0.39, 0.29) is 17.4 Å². The second-order valence-corrected chi connectivity index (χ2v) is 9.11. The van der Waals surface area contributed by atoms with Crippen LogP contribution in [-0.2, 0) is 16.0 Å². The van der Waals surface area contributed by atoms with Crippen LogP contribution in [0.2, 0.25) is 0 Å². The average molecular weight is 458 g/mol. The second-order valence-electron chi connectivity index (χ2n) is 8.10. The quantitative estimate of drug-likeness (QED) is 0.268. The highest BCUT2D eigenvalue weighted by atomic mass is 32.1. The Morgan fingerprint density at radius 3 is 2.79 bits per heavy atom. The summed E-state index contributed by atoms with van der Waals surface area (Å²) in [6.07, 6.45) is 2.23. The Bertz CT molecular complexity index is 1420. The first-order chi connectivity index (χ1) is 16.0. The monoisotopic (exact) mass is 458 g/mol. The van der Waals surface area contributed by atoms with Crippen molar-refractivity contribution in [1.82, 2.24) is 4.98 Å². The predicted molar refractivity (Wildman–Crippen MR) is 123 cm³/mol. The van der Waals surface area contributed by atoms with Gasteiger partial charge in [-0.3, -0.25) is 14.5 Å². The van der Waals surface area contributed by atoms with E-state index in [1.54, 1.807) is 30.3 Å². The standard InChI is InChI=1S/C25H18N2O5S/c1-13-11-15-12-14(8-9-17(15)32-13)22(28)20-21(18-6-4-10-31-18)27(24(30)23(20)29)25-26-16-5-2-3-7-19(16)33-25/h2-10,12-13,21,28H,11H2,1H3/b22-20+. The average Bonchev–Trinajstić information content (AvgIpc) is 3.58. The third-order valence-corrected chi connectivity index (χ3v) is 6.95. The fourth-order valence-corrected chi connectivity index (χ4v) is 5.43. The van der Waals surface area contributed by atoms with Crippen molar-refractivity contribution in [1.29, 1.82) is 0 Å². The van der Waals surface area contributed by atoms with Gasteiger partial charge >= 0.3 is 5.91 Å². The number of thiazole rings is 1. The van der Waals surface area contributed by atoms with Gasteiger partial charge in [0.1, 0.15) is 29.4 Å². The van der Waals surface area contributed by atoms with Crippen LogP contribution in [0, 0.1) is 0 Å². The van der Waals surface area contributed by atoms with Crippen LogP contribution in [0.15, 0.2) is 70.9 Å². The molecule has 6 rings (SSSR count). The molecule has 2 aromatic carbocycles. The maximum absolute atomic E-state index is 13.2. The number of ketones is 1. The summed E-state index contributed by atoms with van der Waals surface area (Å²) in [7, 11) is 0. The van der Waals surface area contributed by atoms with E-state index < -0.39 is 17.7 Å². The molecule has 2 aromatic heterocycles. The number of hydrogen-bond acceptors (Lipinski definition) is 7. The van der Waals surface area contributed by atoms with Crippen LogP contribution < -0.4 is 9.64 Å². The van der Waals surface area contributed by atoms with Crippen molar-refractivity contribution in [2.24, 2.45) is 0 Å². The van der Waals surface area contributed by atoms with E-state index in [4.69, 9.17) is 9.15 Å². The molecule has 0 bridgehead atoms. The number of fused-ring (bicyclic) bond motifs is 2. The fraction of sp³-hybridized carbons (Fsp3) is 0.160. The Balaban J connectivity index is 1.52. The lowest BCUT2D eigenvalue weighted by atomic mass is 9.97. The zero-order valence-electron chi connectivity index (χ0n) is 17.5. The summed E-state index contributed by atoms with van der Waals surface area (Å²) in [5, 5.41) is 11.6. The maximum Gasteiger partial charge on any atom is 0.302 e. The molecule has 2 aliphatic rings. The normalized spacial score (nSPS) is 21.5. The number of para-hydroxylation sites is 1. The van der Waals surface area contributed by atoms with Gasteiger partial charge in [-0.15, -0.1) is 0 Å². The Morgan fingerprint density at radius 2 is 2.00 bits per heavy atom. The number of anilines is 1. The fourth-order valence-electron chi connectivity index (χ4n) is 4.43. The Morgan fingerprint density at radius 1 is 1.15 bits per heavy atom. The topological polar surface area (TPSA) is 92.9 Å². The zero-order chi connectivity index (χ0) is 22.7. The number of ether oxygens (including phenoxy) is 1. The van der Waals surface area contributed by atoms with Crippen LogP contribution in [-0.4, -0.2) is 27.9 Å². The third kappa shape index (κ3) is 3.06. The van der Waals surface area contributed by atoms with Crippen molar-refractivity contribution in [2.45, 2.75) is 25.5 Å². The summed E-state index contributed by atoms with van der Waals surface area (Å²) < 4.78 is 12.2. The molecule has 33 heavy (non-hydrogen) atoms. The van der Waals surface area contributed by atoms with Crippen LogP contribution in [0.5, 0.6) is 5.75 Å². The Kier molecular flexibility index (Phi) is 4.38. The number of rotatable bonds is 3. The molecular formula is C25H18N2O5S. The van der Waals surface area contributed by atoms with Crippen molar-refractivity contribution in [3.05, 3.63) is 83.3 Å². The number of aromatic nitrogens is 1. The highest BCUT2D eigenvalue weighted by Crippen LogP contribution is 2.44. The SMILES string of the molecule is CC1Cc2cc(/C(O)=C3\C(=O)C(=O)N(c4nc5ccccc5s4)C3c3ccco3)ccc2O1. The number of aliphatic hydroxyl groups excluding tert-OH is 1. The van der Waals surface area contributed by atoms with E-state index in [0.29, 0.717) is 22.9 Å². The molecule has 1 amide bonds. The third-order valence-electron chi connectivity index (χ3n) is 5.92. The van der Waals surface area contributed by atoms with Gasteiger partial charge in [0.15, 0.2) is 5.13 Å². The summed E-state index contributed by atoms with van der Waals surface area (Å²) in [6.45, 7) is 1.97. The van der Waals surface area contributed by atoms with Gasteiger partial charge in [-0.25, -0.2) is 4.98 Å². The molecule has 4 heterocycles. The number of amides is 1. The van der Waals surface area contributed by atoms with Crippen LogP contribution in [0.4, 0.5) is 5.13 Å². The highest BCUT2D eigenvalue weighted by Gasteiger charge is 2.49. The molecule has 2 atom stereocenters. The number of Topliss-reactive ketones (excluding diaryl/α,β-unsaturated/α-hetero) is 1. The zero-order valence-corrected chi connectivity index (χ0v) is 18.3. The molecular weight excluding hydrogens is 440 g/mol. The lowest BCUT2D eigenvalue weighted by Crippen LogP contribution is -2.29. The molecule has 1 saturated heterocycles. The molecule has 8 heteroatoms. The number of furan rings is 1. The van der Waals surface area contributed by atoms with Gasteiger partial charge in [-0.1, -0.05) is 23.5 Å². The van der Waals surface area contributed by atoms with Crippen LogP contribution in [0.25, 0.3) is 16.0 Å². The lowest BCUT2D eigenvalue weighted by Gasteiger charge is -2.20. The minimum absolute atomic E-state index is 0.0267. The number of hydrogen-bond donors (Lipinski definition) is 1. The molecule has 0 radical (unpaired) electrons. The maximum atomic E-state index is 13.2. The molecule has 2 aliphatic heterocycles. The van der Waals surface area contributed by atoms with Gasteiger partial charge in [0.05, 0.1) is 22.1 Å². The summed E-state index contributed by atoms with van der Waals surface area (Å²) in [5.74, 6) is -0.654. The molecule has 164 valence electrons.